The molecule has 2 fully saturated rings. The minimum absolute atomic E-state index is 0.0609. The SMILES string of the molecule is C=C[C@@H]1CN(C(=O)OCc2ccccc2)C[C@@H]1F.C=C[C@@H]1CN(C(=O)OCc2ccccc2)C[C@H]1O.FC(F)(F)c1ccccc1. The number of alkyl halides is 4. The normalized spacial score (nSPS) is 20.4. The largest absolute Gasteiger partial charge is 0.445 e. The van der Waals surface area contributed by atoms with E-state index in [9.17, 15) is 32.3 Å². The van der Waals surface area contributed by atoms with Crippen LogP contribution < -0.4 is 0 Å². The number of carbonyl (C=O) groups excluding carboxylic acids is 2. The number of hydrogen-bond donors (Lipinski definition) is 1. The standard InChI is InChI=1S/C14H16FNO2.C14H17NO3.C7H5F3/c1-2-12-8-16(9-13(12)15)14(17)18-10-11-6-4-3-5-7-11;1-2-12-8-15(9-13(12)16)14(17)18-10-11-6-4-3-5-7-11;8-7(9,10)6-4-2-1-3-5-6/h2-7,12-13H,1,8-10H2;2-7,12-13,16H,1,8-10H2;1-5H/t12-,13+;12-,13-;/m11./s1. The number of carbonyl (C=O) groups is 2. The van der Waals surface area contributed by atoms with E-state index in [1.807, 2.05) is 60.7 Å². The lowest BCUT2D eigenvalue weighted by molar-refractivity contribution is -0.137. The first-order valence-electron chi connectivity index (χ1n) is 14.6. The summed E-state index contributed by atoms with van der Waals surface area (Å²) in [4.78, 5) is 26.4. The molecule has 2 aliphatic heterocycles. The summed E-state index contributed by atoms with van der Waals surface area (Å²) in [5, 5.41) is 9.67. The summed E-state index contributed by atoms with van der Waals surface area (Å²) < 4.78 is 59.1. The number of rotatable bonds is 6. The van der Waals surface area contributed by atoms with Crippen LogP contribution in [0.4, 0.5) is 27.2 Å². The molecule has 2 heterocycles. The zero-order valence-corrected chi connectivity index (χ0v) is 25.3. The highest BCUT2D eigenvalue weighted by Gasteiger charge is 2.35. The molecule has 2 amide bonds. The van der Waals surface area contributed by atoms with E-state index in [-0.39, 0.29) is 37.7 Å². The molecule has 7 nitrogen and oxygen atoms in total. The van der Waals surface area contributed by atoms with Gasteiger partial charge in [0, 0.05) is 24.9 Å². The molecule has 246 valence electrons. The van der Waals surface area contributed by atoms with Crippen LogP contribution in [0.3, 0.4) is 0 Å². The second-order valence-corrected chi connectivity index (χ2v) is 10.6. The maximum atomic E-state index is 13.4. The lowest BCUT2D eigenvalue weighted by Gasteiger charge is -2.15. The Hall–Kier alpha value is -4.64. The summed E-state index contributed by atoms with van der Waals surface area (Å²) >= 11 is 0. The third-order valence-electron chi connectivity index (χ3n) is 7.26. The van der Waals surface area contributed by atoms with Crippen molar-refractivity contribution in [2.45, 2.75) is 31.7 Å². The summed E-state index contributed by atoms with van der Waals surface area (Å²) in [6.45, 7) is 8.89. The van der Waals surface area contributed by atoms with Gasteiger partial charge >= 0.3 is 18.4 Å². The van der Waals surface area contributed by atoms with Crippen LogP contribution in [0.25, 0.3) is 0 Å². The summed E-state index contributed by atoms with van der Waals surface area (Å²) in [7, 11) is 0. The molecule has 1 N–H and O–H groups in total. The van der Waals surface area contributed by atoms with Crippen LogP contribution in [0.5, 0.6) is 0 Å². The number of ether oxygens (including phenoxy) is 2. The molecule has 0 spiro atoms. The van der Waals surface area contributed by atoms with E-state index in [2.05, 4.69) is 13.2 Å². The monoisotopic (exact) mass is 642 g/mol. The van der Waals surface area contributed by atoms with Crippen LogP contribution in [-0.4, -0.2) is 65.5 Å². The van der Waals surface area contributed by atoms with Gasteiger partial charge in [-0.1, -0.05) is 103 Å². The predicted molar refractivity (Wildman–Crippen MR) is 166 cm³/mol. The maximum absolute atomic E-state index is 13.4. The van der Waals surface area contributed by atoms with Gasteiger partial charge in [-0.25, -0.2) is 14.0 Å². The quantitative estimate of drug-likeness (QED) is 0.226. The van der Waals surface area contributed by atoms with Crippen molar-refractivity contribution >= 4 is 12.2 Å². The van der Waals surface area contributed by atoms with Gasteiger partial charge in [0.1, 0.15) is 19.4 Å². The van der Waals surface area contributed by atoms with Crippen molar-refractivity contribution in [1.29, 1.82) is 0 Å². The number of hydrogen-bond acceptors (Lipinski definition) is 5. The first-order chi connectivity index (χ1) is 22.0. The fourth-order valence-electron chi connectivity index (χ4n) is 4.60. The van der Waals surface area contributed by atoms with Gasteiger partial charge in [-0.3, -0.25) is 0 Å². The van der Waals surface area contributed by atoms with Gasteiger partial charge in [0.25, 0.3) is 0 Å². The molecule has 0 saturated carbocycles. The Kier molecular flexibility index (Phi) is 13.8. The minimum Gasteiger partial charge on any atom is -0.445 e. The molecule has 0 radical (unpaired) electrons. The van der Waals surface area contributed by atoms with E-state index >= 15 is 0 Å². The van der Waals surface area contributed by atoms with E-state index in [0.29, 0.717) is 19.6 Å². The molecule has 2 aliphatic rings. The molecule has 0 unspecified atom stereocenters. The third kappa shape index (κ3) is 11.4. The Balaban J connectivity index is 0.000000196. The van der Waals surface area contributed by atoms with Gasteiger partial charge in [-0.05, 0) is 11.1 Å². The molecule has 46 heavy (non-hydrogen) atoms. The number of β-amino-alcohol motifs (C(OH)–C–C–N with tert-alkyl or cyclic N) is 1. The number of amides is 2. The number of aliphatic hydroxyl groups is 1. The Morgan fingerprint density at radius 1 is 0.717 bits per heavy atom. The molecule has 0 aromatic heterocycles. The zero-order valence-electron chi connectivity index (χ0n) is 25.3. The highest BCUT2D eigenvalue weighted by Crippen LogP contribution is 2.28. The predicted octanol–water partition coefficient (Wildman–Crippen LogP) is 7.29. The Morgan fingerprint density at radius 3 is 1.50 bits per heavy atom. The Bertz CT molecular complexity index is 1290. The third-order valence-corrected chi connectivity index (χ3v) is 7.26. The lowest BCUT2D eigenvalue weighted by atomic mass is 10.1. The zero-order chi connectivity index (χ0) is 33.5. The van der Waals surface area contributed by atoms with Crippen LogP contribution in [0.1, 0.15) is 16.7 Å². The first-order valence-corrected chi connectivity index (χ1v) is 14.6. The van der Waals surface area contributed by atoms with Crippen molar-refractivity contribution in [3.8, 4) is 0 Å². The van der Waals surface area contributed by atoms with Crippen LogP contribution in [0.15, 0.2) is 116 Å². The molecule has 5 rings (SSSR count). The summed E-state index contributed by atoms with van der Waals surface area (Å²) in [6, 6.07) is 25.3. The Morgan fingerprint density at radius 2 is 1.13 bits per heavy atom. The van der Waals surface area contributed by atoms with Gasteiger partial charge in [0.05, 0.1) is 24.8 Å². The second kappa shape index (κ2) is 17.7. The van der Waals surface area contributed by atoms with Gasteiger partial charge in [0.2, 0.25) is 0 Å². The van der Waals surface area contributed by atoms with E-state index in [1.165, 1.54) is 21.9 Å². The number of halogens is 4. The van der Waals surface area contributed by atoms with Crippen molar-refractivity contribution in [2.24, 2.45) is 11.8 Å². The molecule has 11 heteroatoms. The van der Waals surface area contributed by atoms with Gasteiger partial charge in [-0.2, -0.15) is 13.2 Å². The van der Waals surface area contributed by atoms with E-state index in [4.69, 9.17) is 9.47 Å². The van der Waals surface area contributed by atoms with Crippen molar-refractivity contribution in [3.63, 3.8) is 0 Å². The number of likely N-dealkylation sites (tertiary alicyclic amines) is 2. The summed E-state index contributed by atoms with van der Waals surface area (Å²) in [5.41, 5.74) is 1.27. The summed E-state index contributed by atoms with van der Waals surface area (Å²) in [5.74, 6) is -0.344. The van der Waals surface area contributed by atoms with Crippen molar-refractivity contribution < 1.29 is 41.7 Å². The first kappa shape index (κ1) is 35.8. The average Bonchev–Trinajstić information content (AvgIpc) is 3.65. The van der Waals surface area contributed by atoms with Gasteiger partial charge in [-0.15, -0.1) is 13.2 Å². The molecular weight excluding hydrogens is 604 g/mol. The average molecular weight is 643 g/mol. The van der Waals surface area contributed by atoms with Crippen molar-refractivity contribution in [1.82, 2.24) is 9.80 Å². The topological polar surface area (TPSA) is 79.3 Å². The van der Waals surface area contributed by atoms with E-state index in [0.717, 1.165) is 23.3 Å². The van der Waals surface area contributed by atoms with Crippen LogP contribution in [0.2, 0.25) is 0 Å². The Labute approximate surface area is 266 Å². The molecule has 2 saturated heterocycles. The number of benzene rings is 3. The number of aliphatic hydroxyl groups excluding tert-OH is 1. The van der Waals surface area contributed by atoms with E-state index < -0.39 is 30.1 Å². The smallest absolute Gasteiger partial charge is 0.416 e. The van der Waals surface area contributed by atoms with Crippen LogP contribution >= 0.6 is 0 Å². The lowest BCUT2D eigenvalue weighted by Crippen LogP contribution is -2.30. The molecule has 0 bridgehead atoms. The highest BCUT2D eigenvalue weighted by atomic mass is 19.4. The van der Waals surface area contributed by atoms with Crippen LogP contribution in [-0.2, 0) is 28.9 Å². The molecule has 3 aromatic rings. The van der Waals surface area contributed by atoms with Gasteiger partial charge < -0.3 is 24.4 Å². The second-order valence-electron chi connectivity index (χ2n) is 10.6. The molecular formula is C35H38F4N2O5. The van der Waals surface area contributed by atoms with Crippen molar-refractivity contribution in [2.75, 3.05) is 26.2 Å². The molecule has 0 aliphatic carbocycles. The number of nitrogens with zero attached hydrogens (tertiary/aromatic N) is 2. The fraction of sp³-hybridized carbons (Fsp3) is 0.314. The van der Waals surface area contributed by atoms with E-state index in [1.54, 1.807) is 18.2 Å². The minimum atomic E-state index is -4.21. The fourth-order valence-corrected chi connectivity index (χ4v) is 4.60. The van der Waals surface area contributed by atoms with Crippen LogP contribution in [0, 0.1) is 11.8 Å². The maximum Gasteiger partial charge on any atom is 0.416 e. The highest BCUT2D eigenvalue weighted by molar-refractivity contribution is 5.68. The molecule has 3 aromatic carbocycles. The summed E-state index contributed by atoms with van der Waals surface area (Å²) in [6.07, 6.45) is -3.41. The van der Waals surface area contributed by atoms with Crippen molar-refractivity contribution in [3.05, 3.63) is 133 Å². The van der Waals surface area contributed by atoms with Gasteiger partial charge in [0.15, 0.2) is 0 Å². The molecule has 4 atom stereocenters.